The second-order valence-corrected chi connectivity index (χ2v) is 20.5. The van der Waals surface area contributed by atoms with E-state index in [0.29, 0.717) is 17.0 Å². The summed E-state index contributed by atoms with van der Waals surface area (Å²) in [6.07, 6.45) is 0.126. The third-order valence-electron chi connectivity index (χ3n) is 12.7. The lowest BCUT2D eigenvalue weighted by molar-refractivity contribution is -0.149. The minimum atomic E-state index is -1.08. The SMILES string of the molecule is CC[C@H](C)[C@H](NC(=O)C(C)(C)N(C)C)C(=O)N(C)[C@H](C[C@@H](OC(C)=O)c1nc(C(=O)N[C@@H](Cc2ccc(O)c(NC(=O)CCCNC(=O)[C@H](C)NC(=O)[C@@H](N)C(C)C)c2)C[C@H](C)C(=O)O)cs1)C(C)C. The first-order chi connectivity index (χ1) is 32.5. The number of amides is 6. The molecule has 21 heteroatoms. The highest BCUT2D eigenvalue weighted by molar-refractivity contribution is 7.09. The van der Waals surface area contributed by atoms with Gasteiger partial charge < -0.3 is 52.2 Å². The summed E-state index contributed by atoms with van der Waals surface area (Å²) in [4.78, 5) is 112. The Labute approximate surface area is 417 Å². The van der Waals surface area contributed by atoms with Crippen molar-refractivity contribution in [1.29, 1.82) is 0 Å². The summed E-state index contributed by atoms with van der Waals surface area (Å²) in [5, 5.41) is 36.0. The molecule has 0 saturated heterocycles. The van der Waals surface area contributed by atoms with E-state index in [4.69, 9.17) is 10.5 Å². The topological polar surface area (TPSA) is 292 Å². The average molecular weight is 1000 g/mol. The number of hydrogen-bond acceptors (Lipinski definition) is 14. The smallest absolute Gasteiger partial charge is 0.306 e. The van der Waals surface area contributed by atoms with Crippen LogP contribution in [0.4, 0.5) is 5.69 Å². The number of likely N-dealkylation sites (N-methyl/N-ethyl adjacent to an activating group) is 2. The Kier molecular flexibility index (Phi) is 23.9. The summed E-state index contributed by atoms with van der Waals surface area (Å²) in [5.41, 5.74) is 5.59. The van der Waals surface area contributed by atoms with E-state index < -0.39 is 83.3 Å². The van der Waals surface area contributed by atoms with E-state index in [1.165, 1.54) is 38.3 Å². The van der Waals surface area contributed by atoms with Crippen molar-refractivity contribution in [2.45, 2.75) is 157 Å². The first-order valence-corrected chi connectivity index (χ1v) is 24.8. The van der Waals surface area contributed by atoms with Gasteiger partial charge in [-0.1, -0.05) is 61.0 Å². The number of aromatic hydroxyl groups is 1. The number of phenols is 1. The van der Waals surface area contributed by atoms with Gasteiger partial charge in [-0.15, -0.1) is 11.3 Å². The minimum absolute atomic E-state index is 0.0103. The molecule has 2 aromatic rings. The number of anilines is 1. The molecule has 70 heavy (non-hydrogen) atoms. The van der Waals surface area contributed by atoms with Crippen LogP contribution in [-0.2, 0) is 44.7 Å². The lowest BCUT2D eigenvalue weighted by Crippen LogP contribution is -2.60. The normalized spacial score (nSPS) is 15.1. The number of benzene rings is 1. The third-order valence-corrected chi connectivity index (χ3v) is 13.6. The van der Waals surface area contributed by atoms with Crippen molar-refractivity contribution in [2.24, 2.45) is 29.4 Å². The molecule has 9 N–H and O–H groups in total. The van der Waals surface area contributed by atoms with Crippen molar-refractivity contribution >= 4 is 64.4 Å². The van der Waals surface area contributed by atoms with Gasteiger partial charge >= 0.3 is 11.9 Å². The molecular weight excluding hydrogens is 923 g/mol. The zero-order chi connectivity index (χ0) is 53.4. The lowest BCUT2D eigenvalue weighted by Gasteiger charge is -2.38. The molecule has 1 heterocycles. The van der Waals surface area contributed by atoms with Crippen molar-refractivity contribution in [2.75, 3.05) is 33.0 Å². The predicted octanol–water partition coefficient (Wildman–Crippen LogP) is 3.97. The number of aromatic nitrogens is 1. The van der Waals surface area contributed by atoms with E-state index in [2.05, 4.69) is 31.6 Å². The maximum Gasteiger partial charge on any atom is 0.306 e. The fourth-order valence-corrected chi connectivity index (χ4v) is 8.04. The van der Waals surface area contributed by atoms with E-state index >= 15 is 0 Å². The molecule has 0 aliphatic carbocycles. The highest BCUT2D eigenvalue weighted by atomic mass is 32.1. The second-order valence-electron chi connectivity index (χ2n) is 19.6. The summed E-state index contributed by atoms with van der Waals surface area (Å²) < 4.78 is 5.78. The summed E-state index contributed by atoms with van der Waals surface area (Å²) in [6.45, 7) is 19.3. The fourth-order valence-electron chi connectivity index (χ4n) is 7.20. The van der Waals surface area contributed by atoms with Crippen LogP contribution in [0.2, 0.25) is 0 Å². The number of carboxylic acids is 1. The number of carbonyl (C=O) groups is 8. The van der Waals surface area contributed by atoms with Crippen molar-refractivity contribution in [3.05, 3.63) is 39.8 Å². The van der Waals surface area contributed by atoms with Gasteiger partial charge in [-0.05, 0) is 89.6 Å². The lowest BCUT2D eigenvalue weighted by atomic mass is 9.92. The summed E-state index contributed by atoms with van der Waals surface area (Å²) >= 11 is 1.09. The zero-order valence-electron chi connectivity index (χ0n) is 43.4. The van der Waals surface area contributed by atoms with Crippen molar-refractivity contribution in [3.63, 3.8) is 0 Å². The first-order valence-electron chi connectivity index (χ1n) is 23.9. The highest BCUT2D eigenvalue weighted by Crippen LogP contribution is 2.32. The largest absolute Gasteiger partial charge is 0.506 e. The Hall–Kier alpha value is -5.67. The van der Waals surface area contributed by atoms with E-state index in [-0.39, 0.29) is 85.3 Å². The van der Waals surface area contributed by atoms with Crippen LogP contribution < -0.4 is 32.3 Å². The first kappa shape index (κ1) is 60.5. The molecular formula is C49H79N9O11S. The van der Waals surface area contributed by atoms with Gasteiger partial charge in [0, 0.05) is 50.8 Å². The summed E-state index contributed by atoms with van der Waals surface area (Å²) in [5.74, 6) is -5.81. The maximum absolute atomic E-state index is 14.3. The number of nitrogens with two attached hydrogens (primary N) is 1. The number of rotatable bonds is 28. The monoisotopic (exact) mass is 1000 g/mol. The molecule has 1 aromatic heterocycles. The van der Waals surface area contributed by atoms with Crippen LogP contribution in [0.3, 0.4) is 0 Å². The molecule has 0 unspecified atom stereocenters. The third kappa shape index (κ3) is 18.3. The van der Waals surface area contributed by atoms with Gasteiger partial charge in [0.25, 0.3) is 5.91 Å². The molecule has 0 aliphatic rings. The Morgan fingerprint density at radius 2 is 1.54 bits per heavy atom. The molecule has 0 radical (unpaired) electrons. The number of esters is 1. The Morgan fingerprint density at radius 3 is 2.10 bits per heavy atom. The van der Waals surface area contributed by atoms with Crippen LogP contribution in [0, 0.1) is 23.7 Å². The van der Waals surface area contributed by atoms with Crippen LogP contribution in [0.5, 0.6) is 5.75 Å². The van der Waals surface area contributed by atoms with Crippen LogP contribution in [0.1, 0.15) is 135 Å². The van der Waals surface area contributed by atoms with Gasteiger partial charge in [0.1, 0.15) is 28.5 Å². The van der Waals surface area contributed by atoms with E-state index in [0.717, 1.165) is 11.3 Å². The number of thiazole rings is 1. The number of phenolic OH excluding ortho intramolecular Hbond substituents is 1. The molecule has 0 saturated carbocycles. The fraction of sp³-hybridized carbons (Fsp3) is 0.653. The minimum Gasteiger partial charge on any atom is -0.506 e. The van der Waals surface area contributed by atoms with Gasteiger partial charge in [0.2, 0.25) is 29.5 Å². The van der Waals surface area contributed by atoms with Gasteiger partial charge in [-0.2, -0.15) is 0 Å². The molecule has 0 bridgehead atoms. The highest BCUT2D eigenvalue weighted by Gasteiger charge is 2.39. The van der Waals surface area contributed by atoms with Crippen LogP contribution in [0.25, 0.3) is 0 Å². The number of aliphatic carboxylic acids is 1. The molecule has 1 aromatic carbocycles. The van der Waals surface area contributed by atoms with Gasteiger partial charge in [-0.25, -0.2) is 4.98 Å². The Bertz CT molecular complexity index is 2130. The molecule has 20 nitrogen and oxygen atoms in total. The number of nitrogens with zero attached hydrogens (tertiary/aromatic N) is 3. The van der Waals surface area contributed by atoms with Crippen molar-refractivity contribution in [3.8, 4) is 5.75 Å². The summed E-state index contributed by atoms with van der Waals surface area (Å²) in [6, 6.07) is 0.786. The van der Waals surface area contributed by atoms with Crippen LogP contribution in [-0.4, -0.2) is 136 Å². The molecule has 0 fully saturated rings. The quantitative estimate of drug-likeness (QED) is 0.0340. The summed E-state index contributed by atoms with van der Waals surface area (Å²) in [7, 11) is 5.23. The maximum atomic E-state index is 14.3. The van der Waals surface area contributed by atoms with E-state index in [1.807, 2.05) is 27.7 Å². The number of hydrogen-bond donors (Lipinski definition) is 8. The molecule has 6 amide bonds. The van der Waals surface area contributed by atoms with Crippen LogP contribution in [0.15, 0.2) is 23.6 Å². The number of ether oxygens (including phenoxy) is 1. The van der Waals surface area contributed by atoms with Gasteiger partial charge in [-0.3, -0.25) is 43.3 Å². The van der Waals surface area contributed by atoms with Crippen molar-refractivity contribution < 1.29 is 53.3 Å². The standard InChI is InChI=1S/C49H79N9O11S/c1-15-28(6)41(56-48(68)49(10,11)57(12)13)46(65)58(14)36(26(2)3)24-38(69-31(9)59)45-55-35(25-70-45)43(63)53-33(21-29(7)47(66)67)22-32-18-19-37(60)34(23-32)54-39(61)17-16-20-51-42(62)30(8)52-44(64)40(50)27(4)5/h18-19,23,25-30,33,36,38,40-41,60H,15-17,20-22,24,50H2,1-14H3,(H,51,62)(H,52,64)(H,53,63)(H,54,61)(H,56,68)(H,66,67)/t28-,29-,30-,33+,36+,38+,40-,41-/m0/s1. The van der Waals surface area contributed by atoms with Gasteiger partial charge in [0.05, 0.1) is 23.2 Å². The second kappa shape index (κ2) is 27.7. The van der Waals surface area contributed by atoms with E-state index in [9.17, 15) is 48.6 Å². The van der Waals surface area contributed by atoms with E-state index in [1.54, 1.807) is 64.7 Å². The molecule has 0 aliphatic heterocycles. The predicted molar refractivity (Wildman–Crippen MR) is 268 cm³/mol. The average Bonchev–Trinajstić information content (AvgIpc) is 3.78. The molecule has 0 spiro atoms. The number of carboxylic acid groups (broad SMARTS) is 1. The van der Waals surface area contributed by atoms with Gasteiger partial charge in [0.15, 0.2) is 6.10 Å². The number of carbonyl (C=O) groups excluding carboxylic acids is 7. The molecule has 8 atom stereocenters. The Morgan fingerprint density at radius 1 is 0.900 bits per heavy atom. The Balaban J connectivity index is 2.26. The molecule has 392 valence electrons. The zero-order valence-corrected chi connectivity index (χ0v) is 44.2. The van der Waals surface area contributed by atoms with Crippen LogP contribution >= 0.6 is 11.3 Å². The molecule has 2 rings (SSSR count). The number of nitrogens with one attached hydrogen (secondary N) is 5. The van der Waals surface area contributed by atoms with Crippen molar-refractivity contribution in [1.82, 2.24) is 36.1 Å².